The number of nitrogens with zero attached hydrogens (tertiary/aromatic N) is 1. The van der Waals surface area contributed by atoms with Crippen LogP contribution in [0, 0.1) is 0 Å². The van der Waals surface area contributed by atoms with Gasteiger partial charge in [0, 0.05) is 9.50 Å². The Morgan fingerprint density at radius 3 is 2.61 bits per heavy atom. The van der Waals surface area contributed by atoms with Gasteiger partial charge in [-0.25, -0.2) is 0 Å². The zero-order chi connectivity index (χ0) is 16.4. The van der Waals surface area contributed by atoms with Crippen LogP contribution >= 0.6 is 27.5 Å². The number of hydrogen-bond donors (Lipinski definition) is 0. The first kappa shape index (κ1) is 17.0. The lowest BCUT2D eigenvalue weighted by Crippen LogP contribution is -2.28. The Hall–Kier alpha value is -0.870. The summed E-state index contributed by atoms with van der Waals surface area (Å²) in [4.78, 5) is 2.22. The van der Waals surface area contributed by atoms with E-state index in [0.717, 1.165) is 28.9 Å². The molecular weight excluding hydrogens is 374 g/mol. The van der Waals surface area contributed by atoms with Crippen LogP contribution in [0.3, 0.4) is 0 Å². The summed E-state index contributed by atoms with van der Waals surface area (Å²) in [6.45, 7) is 1.67. The maximum Gasteiger partial charge on any atom is 0.119 e. The highest BCUT2D eigenvalue weighted by atomic mass is 79.9. The molecule has 0 N–H and O–H groups in total. The van der Waals surface area contributed by atoms with Crippen molar-refractivity contribution in [3.63, 3.8) is 0 Å². The van der Waals surface area contributed by atoms with E-state index in [-0.39, 0.29) is 5.60 Å². The van der Waals surface area contributed by atoms with Crippen molar-refractivity contribution in [1.82, 2.24) is 4.90 Å². The summed E-state index contributed by atoms with van der Waals surface area (Å²) in [7, 11) is 4.21. The topological polar surface area (TPSA) is 12.5 Å². The average Bonchev–Trinajstić information content (AvgIpc) is 2.87. The van der Waals surface area contributed by atoms with Crippen molar-refractivity contribution in [3.8, 4) is 0 Å². The summed E-state index contributed by atoms with van der Waals surface area (Å²) in [5, 5.41) is 0.771. The molecular formula is C19H21BrClNO. The first-order chi connectivity index (χ1) is 11.0. The minimum absolute atomic E-state index is 0.364. The van der Waals surface area contributed by atoms with E-state index in [0.29, 0.717) is 6.61 Å². The van der Waals surface area contributed by atoms with Gasteiger partial charge in [0.1, 0.15) is 5.60 Å². The Bertz CT molecular complexity index is 686. The third-order valence-electron chi connectivity index (χ3n) is 4.42. The number of benzene rings is 2. The molecule has 2 nitrogen and oxygen atoms in total. The molecule has 0 spiro atoms. The van der Waals surface area contributed by atoms with Gasteiger partial charge in [0.05, 0.1) is 6.61 Å². The predicted molar refractivity (Wildman–Crippen MR) is 99.0 cm³/mol. The van der Waals surface area contributed by atoms with Gasteiger partial charge in [-0.2, -0.15) is 0 Å². The molecule has 0 saturated heterocycles. The highest BCUT2D eigenvalue weighted by Crippen LogP contribution is 2.46. The third-order valence-corrected chi connectivity index (χ3v) is 5.18. The van der Waals surface area contributed by atoms with Crippen LogP contribution in [0.5, 0.6) is 0 Å². The average molecular weight is 395 g/mol. The van der Waals surface area contributed by atoms with E-state index in [1.54, 1.807) is 0 Å². The molecule has 3 rings (SSSR count). The molecule has 2 aromatic rings. The molecule has 1 aliphatic heterocycles. The minimum atomic E-state index is -0.364. The van der Waals surface area contributed by atoms with Gasteiger partial charge in [-0.3, -0.25) is 0 Å². The maximum atomic E-state index is 6.38. The van der Waals surface area contributed by atoms with Gasteiger partial charge in [0.15, 0.2) is 0 Å². The lowest BCUT2D eigenvalue weighted by molar-refractivity contribution is -0.0139. The second-order valence-electron chi connectivity index (χ2n) is 6.33. The zero-order valence-corrected chi connectivity index (χ0v) is 15.8. The Morgan fingerprint density at radius 2 is 1.91 bits per heavy atom. The monoisotopic (exact) mass is 393 g/mol. The SMILES string of the molecule is CN(C)CCCC1(c2ccc(Br)cc2)OCc2cc(Cl)ccc21. The Morgan fingerprint density at radius 1 is 1.17 bits per heavy atom. The fraction of sp³-hybridized carbons (Fsp3) is 0.368. The lowest BCUT2D eigenvalue weighted by atomic mass is 9.82. The molecule has 0 aliphatic carbocycles. The molecule has 4 heteroatoms. The maximum absolute atomic E-state index is 6.38. The lowest BCUT2D eigenvalue weighted by Gasteiger charge is -2.31. The van der Waals surface area contributed by atoms with Crippen LogP contribution in [0.2, 0.25) is 5.02 Å². The smallest absolute Gasteiger partial charge is 0.119 e. The molecule has 1 heterocycles. The summed E-state index contributed by atoms with van der Waals surface area (Å²) < 4.78 is 7.46. The van der Waals surface area contributed by atoms with Gasteiger partial charge >= 0.3 is 0 Å². The fourth-order valence-electron chi connectivity index (χ4n) is 3.31. The van der Waals surface area contributed by atoms with Crippen molar-refractivity contribution in [2.24, 2.45) is 0 Å². The van der Waals surface area contributed by atoms with Crippen LogP contribution in [0.4, 0.5) is 0 Å². The highest BCUT2D eigenvalue weighted by molar-refractivity contribution is 9.10. The van der Waals surface area contributed by atoms with Crippen LogP contribution in [0.15, 0.2) is 46.9 Å². The number of rotatable bonds is 5. The van der Waals surface area contributed by atoms with Crippen molar-refractivity contribution in [2.75, 3.05) is 20.6 Å². The van der Waals surface area contributed by atoms with Crippen LogP contribution in [0.25, 0.3) is 0 Å². The molecule has 0 saturated carbocycles. The molecule has 0 radical (unpaired) electrons. The first-order valence-corrected chi connectivity index (χ1v) is 9.02. The molecule has 1 atom stereocenters. The summed E-state index contributed by atoms with van der Waals surface area (Å²) >= 11 is 9.68. The second kappa shape index (κ2) is 6.94. The van der Waals surface area contributed by atoms with Gasteiger partial charge in [0.25, 0.3) is 0 Å². The Balaban J connectivity index is 2.00. The zero-order valence-electron chi connectivity index (χ0n) is 13.5. The molecule has 0 amide bonds. The molecule has 122 valence electrons. The molecule has 0 aromatic heterocycles. The second-order valence-corrected chi connectivity index (χ2v) is 7.68. The van der Waals surface area contributed by atoms with E-state index in [1.165, 1.54) is 16.7 Å². The van der Waals surface area contributed by atoms with E-state index in [2.05, 4.69) is 65.3 Å². The standard InChI is InChI=1S/C19H21BrClNO/c1-22(2)11-3-10-19(15-4-6-16(20)7-5-15)18-9-8-17(21)12-14(18)13-23-19/h4-9,12H,3,10-11,13H2,1-2H3. The fourth-order valence-corrected chi connectivity index (χ4v) is 3.77. The highest BCUT2D eigenvalue weighted by Gasteiger charge is 2.41. The Kier molecular flexibility index (Phi) is 5.12. The molecule has 1 unspecified atom stereocenters. The van der Waals surface area contributed by atoms with Crippen molar-refractivity contribution < 1.29 is 4.74 Å². The Labute approximate surface area is 151 Å². The normalized spacial score (nSPS) is 20.0. The number of hydrogen-bond acceptors (Lipinski definition) is 2. The van der Waals surface area contributed by atoms with E-state index >= 15 is 0 Å². The van der Waals surface area contributed by atoms with Gasteiger partial charge in [-0.1, -0.05) is 45.7 Å². The van der Waals surface area contributed by atoms with Crippen LogP contribution in [-0.4, -0.2) is 25.5 Å². The summed E-state index contributed by atoms with van der Waals surface area (Å²) in [6, 6.07) is 14.6. The van der Waals surface area contributed by atoms with Gasteiger partial charge in [-0.15, -0.1) is 0 Å². The summed E-state index contributed by atoms with van der Waals surface area (Å²) in [6.07, 6.45) is 2.03. The molecule has 2 aromatic carbocycles. The minimum Gasteiger partial charge on any atom is -0.361 e. The molecule has 1 aliphatic rings. The molecule has 23 heavy (non-hydrogen) atoms. The van der Waals surface area contributed by atoms with E-state index in [9.17, 15) is 0 Å². The van der Waals surface area contributed by atoms with E-state index in [1.807, 2.05) is 12.1 Å². The van der Waals surface area contributed by atoms with Gasteiger partial charge < -0.3 is 9.64 Å². The van der Waals surface area contributed by atoms with Crippen LogP contribution in [-0.2, 0) is 16.9 Å². The largest absolute Gasteiger partial charge is 0.361 e. The number of ether oxygens (including phenoxy) is 1. The summed E-state index contributed by atoms with van der Waals surface area (Å²) in [5.74, 6) is 0. The van der Waals surface area contributed by atoms with Crippen molar-refractivity contribution in [3.05, 3.63) is 68.7 Å². The van der Waals surface area contributed by atoms with Gasteiger partial charge in [0.2, 0.25) is 0 Å². The van der Waals surface area contributed by atoms with E-state index < -0.39 is 0 Å². The third kappa shape index (κ3) is 3.48. The predicted octanol–water partition coefficient (Wildman–Crippen LogP) is 5.22. The molecule has 0 bridgehead atoms. The quantitative estimate of drug-likeness (QED) is 0.689. The number of halogens is 2. The van der Waals surface area contributed by atoms with Crippen molar-refractivity contribution in [2.45, 2.75) is 25.0 Å². The van der Waals surface area contributed by atoms with Crippen molar-refractivity contribution in [1.29, 1.82) is 0 Å². The number of fused-ring (bicyclic) bond motifs is 1. The molecule has 0 fully saturated rings. The summed E-state index contributed by atoms with van der Waals surface area (Å²) in [5.41, 5.74) is 3.30. The van der Waals surface area contributed by atoms with Crippen LogP contribution < -0.4 is 0 Å². The van der Waals surface area contributed by atoms with Gasteiger partial charge in [-0.05, 0) is 74.4 Å². The van der Waals surface area contributed by atoms with E-state index in [4.69, 9.17) is 16.3 Å². The van der Waals surface area contributed by atoms with Crippen LogP contribution in [0.1, 0.15) is 29.5 Å². The first-order valence-electron chi connectivity index (χ1n) is 7.85. The van der Waals surface area contributed by atoms with Crippen molar-refractivity contribution >= 4 is 27.5 Å².